The van der Waals surface area contributed by atoms with Gasteiger partial charge in [-0.1, -0.05) is 24.3 Å². The van der Waals surface area contributed by atoms with E-state index in [2.05, 4.69) is 11.4 Å². The van der Waals surface area contributed by atoms with Crippen molar-refractivity contribution >= 4 is 17.5 Å². The van der Waals surface area contributed by atoms with E-state index in [1.165, 1.54) is 12.7 Å². The number of carbonyl (C=O) groups excluding carboxylic acids is 2. The quantitative estimate of drug-likeness (QED) is 0.806. The van der Waals surface area contributed by atoms with Crippen molar-refractivity contribution in [1.82, 2.24) is 4.90 Å². The van der Waals surface area contributed by atoms with Crippen molar-refractivity contribution in [2.45, 2.75) is 26.8 Å². The Balaban J connectivity index is 1.73. The summed E-state index contributed by atoms with van der Waals surface area (Å²) in [4.78, 5) is 27.8. The zero-order valence-electron chi connectivity index (χ0n) is 16.7. The Bertz CT molecular complexity index is 892. The maximum Gasteiger partial charge on any atom is 0.239 e. The topological polar surface area (TPSA) is 67.9 Å². The van der Waals surface area contributed by atoms with Crippen LogP contribution < -0.4 is 14.8 Å². The molecule has 0 spiro atoms. The molecule has 0 aliphatic carbocycles. The maximum absolute atomic E-state index is 13.1. The molecule has 6 heteroatoms. The number of carbonyl (C=O) groups is 2. The summed E-state index contributed by atoms with van der Waals surface area (Å²) in [7, 11) is 3.08. The van der Waals surface area contributed by atoms with E-state index in [0.717, 1.165) is 12.0 Å². The average molecular weight is 382 g/mol. The first-order valence-electron chi connectivity index (χ1n) is 9.26. The van der Waals surface area contributed by atoms with Gasteiger partial charge in [0.15, 0.2) is 11.5 Å². The normalized spacial score (nSPS) is 13.5. The third kappa shape index (κ3) is 3.81. The molecule has 2 aromatic rings. The molecule has 3 rings (SSSR count). The van der Waals surface area contributed by atoms with E-state index < -0.39 is 5.41 Å². The number of amides is 2. The molecule has 0 unspecified atom stereocenters. The Morgan fingerprint density at radius 3 is 2.36 bits per heavy atom. The van der Waals surface area contributed by atoms with E-state index in [4.69, 9.17) is 9.47 Å². The number of rotatable bonds is 5. The summed E-state index contributed by atoms with van der Waals surface area (Å²) in [5, 5.41) is 2.83. The largest absolute Gasteiger partial charge is 0.493 e. The highest BCUT2D eigenvalue weighted by atomic mass is 16.5. The zero-order valence-corrected chi connectivity index (χ0v) is 16.7. The van der Waals surface area contributed by atoms with Gasteiger partial charge in [0.05, 0.1) is 14.2 Å². The predicted molar refractivity (Wildman–Crippen MR) is 108 cm³/mol. The lowest BCUT2D eigenvalue weighted by atomic mass is 9.88. The molecule has 0 saturated heterocycles. The highest BCUT2D eigenvalue weighted by molar-refractivity contribution is 6.10. The molecule has 0 fully saturated rings. The number of nitrogens with one attached hydrogen (secondary N) is 1. The fourth-order valence-electron chi connectivity index (χ4n) is 3.36. The molecule has 28 heavy (non-hydrogen) atoms. The first-order chi connectivity index (χ1) is 13.4. The predicted octanol–water partition coefficient (Wildman–Crippen LogP) is 3.25. The molecule has 0 bridgehead atoms. The van der Waals surface area contributed by atoms with Crippen LogP contribution >= 0.6 is 0 Å². The standard InChI is InChI=1S/C22H26N2O4/c1-22(2,20(25)23-17-9-10-18(27-3)19(13-17)28-4)21(26)24-12-11-15-7-5-6-8-16(15)14-24/h5-10,13H,11-12,14H2,1-4H3,(H,23,25). The summed E-state index contributed by atoms with van der Waals surface area (Å²) in [5.41, 5.74) is 1.75. The summed E-state index contributed by atoms with van der Waals surface area (Å²) < 4.78 is 10.5. The van der Waals surface area contributed by atoms with Crippen molar-refractivity contribution in [3.05, 3.63) is 53.6 Å². The van der Waals surface area contributed by atoms with E-state index >= 15 is 0 Å². The molecule has 6 nitrogen and oxygen atoms in total. The molecule has 1 heterocycles. The van der Waals surface area contributed by atoms with Crippen LogP contribution in [0.25, 0.3) is 0 Å². The summed E-state index contributed by atoms with van der Waals surface area (Å²) >= 11 is 0. The van der Waals surface area contributed by atoms with Crippen molar-refractivity contribution in [3.8, 4) is 11.5 Å². The van der Waals surface area contributed by atoms with Crippen molar-refractivity contribution in [1.29, 1.82) is 0 Å². The van der Waals surface area contributed by atoms with Crippen molar-refractivity contribution in [3.63, 3.8) is 0 Å². The van der Waals surface area contributed by atoms with Crippen LogP contribution in [0, 0.1) is 5.41 Å². The highest BCUT2D eigenvalue weighted by Crippen LogP contribution is 2.31. The molecule has 0 aromatic heterocycles. The molecule has 2 amide bonds. The summed E-state index contributed by atoms with van der Waals surface area (Å²) in [5.74, 6) is 0.545. The van der Waals surface area contributed by atoms with Gasteiger partial charge >= 0.3 is 0 Å². The maximum atomic E-state index is 13.1. The van der Waals surface area contributed by atoms with Crippen LogP contribution in [0.15, 0.2) is 42.5 Å². The second-order valence-electron chi connectivity index (χ2n) is 7.39. The van der Waals surface area contributed by atoms with Gasteiger partial charge in [0.25, 0.3) is 0 Å². The van der Waals surface area contributed by atoms with Crippen LogP contribution in [0.1, 0.15) is 25.0 Å². The van der Waals surface area contributed by atoms with Crippen LogP contribution in [-0.4, -0.2) is 37.5 Å². The molecular formula is C22H26N2O4. The summed E-state index contributed by atoms with van der Waals surface area (Å²) in [6.07, 6.45) is 0.801. The molecule has 1 N–H and O–H groups in total. The Morgan fingerprint density at radius 1 is 1.00 bits per heavy atom. The SMILES string of the molecule is COc1ccc(NC(=O)C(C)(C)C(=O)N2CCc3ccccc3C2)cc1OC. The van der Waals surface area contributed by atoms with E-state index in [0.29, 0.717) is 30.3 Å². The second-order valence-corrected chi connectivity index (χ2v) is 7.39. The number of benzene rings is 2. The van der Waals surface area contributed by atoms with E-state index in [1.54, 1.807) is 44.1 Å². The van der Waals surface area contributed by atoms with Gasteiger partial charge in [-0.15, -0.1) is 0 Å². The number of ether oxygens (including phenoxy) is 2. The number of anilines is 1. The van der Waals surface area contributed by atoms with Crippen molar-refractivity contribution in [2.24, 2.45) is 5.41 Å². The molecule has 2 aromatic carbocycles. The molecule has 148 valence electrons. The lowest BCUT2D eigenvalue weighted by Gasteiger charge is -2.34. The van der Waals surface area contributed by atoms with Crippen LogP contribution in [-0.2, 0) is 22.6 Å². The van der Waals surface area contributed by atoms with Crippen LogP contribution in [0.2, 0.25) is 0 Å². The molecule has 0 atom stereocenters. The Kier molecular flexibility index (Phi) is 5.58. The fourth-order valence-corrected chi connectivity index (χ4v) is 3.36. The average Bonchev–Trinajstić information content (AvgIpc) is 2.72. The number of methoxy groups -OCH3 is 2. The van der Waals surface area contributed by atoms with Crippen LogP contribution in [0.4, 0.5) is 5.69 Å². The minimum Gasteiger partial charge on any atom is -0.493 e. The monoisotopic (exact) mass is 382 g/mol. The molecule has 1 aliphatic heterocycles. The first-order valence-corrected chi connectivity index (χ1v) is 9.26. The number of hydrogen-bond acceptors (Lipinski definition) is 4. The summed E-state index contributed by atoms with van der Waals surface area (Å²) in [6.45, 7) is 4.46. The van der Waals surface area contributed by atoms with Gasteiger partial charge in [0.1, 0.15) is 5.41 Å². The fraction of sp³-hybridized carbons (Fsp3) is 0.364. The van der Waals surface area contributed by atoms with Gasteiger partial charge in [0, 0.05) is 24.8 Å². The van der Waals surface area contributed by atoms with Gasteiger partial charge in [0.2, 0.25) is 11.8 Å². The minimum absolute atomic E-state index is 0.181. The van der Waals surface area contributed by atoms with E-state index in [-0.39, 0.29) is 11.8 Å². The number of nitrogens with zero attached hydrogens (tertiary/aromatic N) is 1. The Labute approximate surface area is 165 Å². The Morgan fingerprint density at radius 2 is 1.68 bits per heavy atom. The molecule has 0 saturated carbocycles. The van der Waals surface area contributed by atoms with Crippen LogP contribution in [0.5, 0.6) is 11.5 Å². The number of hydrogen-bond donors (Lipinski definition) is 1. The van der Waals surface area contributed by atoms with Gasteiger partial charge in [-0.3, -0.25) is 9.59 Å². The molecular weight excluding hydrogens is 356 g/mol. The van der Waals surface area contributed by atoms with E-state index in [1.807, 2.05) is 18.2 Å². The van der Waals surface area contributed by atoms with Gasteiger partial charge < -0.3 is 19.7 Å². The zero-order chi connectivity index (χ0) is 20.3. The highest BCUT2D eigenvalue weighted by Gasteiger charge is 2.40. The van der Waals surface area contributed by atoms with Gasteiger partial charge in [-0.25, -0.2) is 0 Å². The van der Waals surface area contributed by atoms with E-state index in [9.17, 15) is 9.59 Å². The minimum atomic E-state index is -1.19. The van der Waals surface area contributed by atoms with Crippen molar-refractivity contribution in [2.75, 3.05) is 26.1 Å². The lowest BCUT2D eigenvalue weighted by Crippen LogP contribution is -2.48. The first kappa shape index (κ1) is 19.7. The third-order valence-corrected chi connectivity index (χ3v) is 5.16. The molecule has 1 aliphatic rings. The lowest BCUT2D eigenvalue weighted by molar-refractivity contribution is -0.147. The summed E-state index contributed by atoms with van der Waals surface area (Å²) in [6, 6.07) is 13.2. The second kappa shape index (κ2) is 7.92. The van der Waals surface area contributed by atoms with Crippen LogP contribution in [0.3, 0.4) is 0 Å². The molecule has 0 radical (unpaired) electrons. The van der Waals surface area contributed by atoms with Gasteiger partial charge in [-0.05, 0) is 43.5 Å². The van der Waals surface area contributed by atoms with Gasteiger partial charge in [-0.2, -0.15) is 0 Å². The number of fused-ring (bicyclic) bond motifs is 1. The van der Waals surface area contributed by atoms with Crippen molar-refractivity contribution < 1.29 is 19.1 Å². The Hall–Kier alpha value is -3.02. The smallest absolute Gasteiger partial charge is 0.239 e. The third-order valence-electron chi connectivity index (χ3n) is 5.16.